The maximum absolute atomic E-state index is 14.5. The van der Waals surface area contributed by atoms with Gasteiger partial charge in [0.15, 0.2) is 0 Å². The molecule has 5 heteroatoms. The molecule has 4 nitrogen and oxygen atoms in total. The fraction of sp³-hybridized carbons (Fsp3) is 0.297. The molecule has 0 saturated heterocycles. The van der Waals surface area contributed by atoms with Gasteiger partial charge in [0.1, 0.15) is 11.9 Å². The van der Waals surface area contributed by atoms with Crippen molar-refractivity contribution in [3.8, 4) is 0 Å². The minimum atomic E-state index is -0.709. The normalized spacial score (nSPS) is 14.3. The van der Waals surface area contributed by atoms with E-state index in [4.69, 9.17) is 0 Å². The molecule has 4 aromatic rings. The van der Waals surface area contributed by atoms with E-state index in [0.29, 0.717) is 6.42 Å². The molecule has 42 heavy (non-hydrogen) atoms. The molecule has 0 bridgehead atoms. The molecule has 1 N–H and O–H groups in total. The lowest BCUT2D eigenvalue weighted by Gasteiger charge is -2.34. The summed E-state index contributed by atoms with van der Waals surface area (Å²) >= 11 is 0. The Morgan fingerprint density at radius 1 is 0.714 bits per heavy atom. The Balaban J connectivity index is 1.50. The van der Waals surface area contributed by atoms with Gasteiger partial charge in [-0.15, -0.1) is 0 Å². The first kappa shape index (κ1) is 29.2. The summed E-state index contributed by atoms with van der Waals surface area (Å²) in [5, 5.41) is 3.29. The molecule has 4 aromatic carbocycles. The van der Waals surface area contributed by atoms with Crippen molar-refractivity contribution in [2.45, 2.75) is 69.5 Å². The highest BCUT2D eigenvalue weighted by molar-refractivity contribution is 5.88. The van der Waals surface area contributed by atoms with E-state index < -0.39 is 6.04 Å². The first-order valence-electron chi connectivity index (χ1n) is 15.0. The summed E-state index contributed by atoms with van der Waals surface area (Å²) in [5.41, 5.74) is 3.86. The zero-order valence-corrected chi connectivity index (χ0v) is 24.0. The van der Waals surface area contributed by atoms with Crippen molar-refractivity contribution in [3.05, 3.63) is 143 Å². The zero-order valence-electron chi connectivity index (χ0n) is 24.0. The first-order valence-corrected chi connectivity index (χ1v) is 15.0. The van der Waals surface area contributed by atoms with Crippen LogP contribution in [0.2, 0.25) is 0 Å². The van der Waals surface area contributed by atoms with Crippen LogP contribution in [0.3, 0.4) is 0 Å². The van der Waals surface area contributed by atoms with Crippen LogP contribution in [-0.2, 0) is 22.6 Å². The SMILES string of the molecule is O=C(NC1CCCCC1)[C@@H](Cc1ccccc1)N(Cc1ccc(F)cc1)C(=O)CC(c1ccccc1)c1ccccc1. The molecule has 1 aliphatic carbocycles. The highest BCUT2D eigenvalue weighted by Gasteiger charge is 2.33. The Morgan fingerprint density at radius 3 is 1.83 bits per heavy atom. The molecule has 1 fully saturated rings. The van der Waals surface area contributed by atoms with E-state index in [1.54, 1.807) is 17.0 Å². The molecule has 216 valence electrons. The van der Waals surface area contributed by atoms with Crippen LogP contribution in [0.15, 0.2) is 115 Å². The first-order chi connectivity index (χ1) is 20.6. The van der Waals surface area contributed by atoms with Crippen molar-refractivity contribution in [1.29, 1.82) is 0 Å². The van der Waals surface area contributed by atoms with Crippen molar-refractivity contribution in [3.63, 3.8) is 0 Å². The molecule has 0 aromatic heterocycles. The average molecular weight is 563 g/mol. The van der Waals surface area contributed by atoms with Crippen molar-refractivity contribution in [1.82, 2.24) is 10.2 Å². The van der Waals surface area contributed by atoms with Gasteiger partial charge in [0.2, 0.25) is 11.8 Å². The topological polar surface area (TPSA) is 49.4 Å². The molecule has 1 atom stereocenters. The smallest absolute Gasteiger partial charge is 0.243 e. The number of hydrogen-bond acceptors (Lipinski definition) is 2. The lowest BCUT2D eigenvalue weighted by molar-refractivity contribution is -0.141. The predicted octanol–water partition coefficient (Wildman–Crippen LogP) is 7.44. The Hall–Kier alpha value is -4.25. The largest absolute Gasteiger partial charge is 0.352 e. The van der Waals surface area contributed by atoms with Gasteiger partial charge in [0, 0.05) is 31.3 Å². The fourth-order valence-corrected chi connectivity index (χ4v) is 5.98. The minimum absolute atomic E-state index is 0.114. The summed E-state index contributed by atoms with van der Waals surface area (Å²) in [6.07, 6.45) is 5.91. The second-order valence-corrected chi connectivity index (χ2v) is 11.3. The molecule has 1 aliphatic rings. The van der Waals surface area contributed by atoms with Gasteiger partial charge in [0.05, 0.1) is 0 Å². The van der Waals surface area contributed by atoms with Crippen LogP contribution in [0.4, 0.5) is 4.39 Å². The van der Waals surface area contributed by atoms with Crippen LogP contribution < -0.4 is 5.32 Å². The third-order valence-electron chi connectivity index (χ3n) is 8.27. The predicted molar refractivity (Wildman–Crippen MR) is 165 cm³/mol. The Kier molecular flexibility index (Phi) is 10.2. The number of benzene rings is 4. The third kappa shape index (κ3) is 7.94. The van der Waals surface area contributed by atoms with Gasteiger partial charge in [-0.3, -0.25) is 9.59 Å². The lowest BCUT2D eigenvalue weighted by atomic mass is 9.87. The number of nitrogens with zero attached hydrogens (tertiary/aromatic N) is 1. The van der Waals surface area contributed by atoms with Crippen LogP contribution in [0.1, 0.15) is 66.7 Å². The van der Waals surface area contributed by atoms with Gasteiger partial charge < -0.3 is 10.2 Å². The molecule has 0 aliphatic heterocycles. The zero-order chi connectivity index (χ0) is 29.1. The minimum Gasteiger partial charge on any atom is -0.352 e. The molecule has 2 amide bonds. The van der Waals surface area contributed by atoms with Crippen LogP contribution >= 0.6 is 0 Å². The van der Waals surface area contributed by atoms with Crippen LogP contribution in [-0.4, -0.2) is 28.8 Å². The van der Waals surface area contributed by atoms with E-state index in [2.05, 4.69) is 5.32 Å². The molecule has 0 unspecified atom stereocenters. The van der Waals surface area contributed by atoms with Gasteiger partial charge >= 0.3 is 0 Å². The van der Waals surface area contributed by atoms with Crippen LogP contribution in [0.5, 0.6) is 0 Å². The van der Waals surface area contributed by atoms with E-state index in [9.17, 15) is 14.0 Å². The number of nitrogens with one attached hydrogen (secondary N) is 1. The second kappa shape index (κ2) is 14.6. The molecular weight excluding hydrogens is 523 g/mol. The van der Waals surface area contributed by atoms with E-state index in [0.717, 1.165) is 47.9 Å². The number of amides is 2. The summed E-state index contributed by atoms with van der Waals surface area (Å²) in [7, 11) is 0. The van der Waals surface area contributed by atoms with E-state index >= 15 is 0 Å². The highest BCUT2D eigenvalue weighted by Crippen LogP contribution is 2.30. The number of carbonyl (C=O) groups is 2. The molecule has 5 rings (SSSR count). The van der Waals surface area contributed by atoms with Gasteiger partial charge in [-0.05, 0) is 47.2 Å². The quantitative estimate of drug-likeness (QED) is 0.207. The fourth-order valence-electron chi connectivity index (χ4n) is 5.98. The lowest BCUT2D eigenvalue weighted by Crippen LogP contribution is -2.53. The van der Waals surface area contributed by atoms with Crippen molar-refractivity contribution in [2.75, 3.05) is 0 Å². The molecule has 0 heterocycles. The average Bonchev–Trinajstić information content (AvgIpc) is 3.04. The van der Waals surface area contributed by atoms with Gasteiger partial charge in [0.25, 0.3) is 0 Å². The second-order valence-electron chi connectivity index (χ2n) is 11.3. The summed E-state index contributed by atoms with van der Waals surface area (Å²) in [6, 6.07) is 35.6. The number of rotatable bonds is 11. The maximum atomic E-state index is 14.5. The third-order valence-corrected chi connectivity index (χ3v) is 8.27. The number of carbonyl (C=O) groups excluding carboxylic acids is 2. The van der Waals surface area contributed by atoms with Gasteiger partial charge in [-0.25, -0.2) is 4.39 Å². The standard InChI is InChI=1S/C37H39FN2O2/c38-32-23-21-29(22-24-32)27-40(36(41)26-34(30-15-7-2-8-16-30)31-17-9-3-10-18-31)35(25-28-13-5-1-6-14-28)37(42)39-33-19-11-4-12-20-33/h1-3,5-10,13-18,21-24,33-35H,4,11-12,19-20,25-27H2,(H,39,42)/t35-/m1/s1. The number of hydrogen-bond donors (Lipinski definition) is 1. The van der Waals surface area contributed by atoms with E-state index in [1.165, 1.54) is 18.6 Å². The Morgan fingerprint density at radius 2 is 1.26 bits per heavy atom. The molecule has 0 spiro atoms. The highest BCUT2D eigenvalue weighted by atomic mass is 19.1. The van der Waals surface area contributed by atoms with Crippen LogP contribution in [0.25, 0.3) is 0 Å². The monoisotopic (exact) mass is 562 g/mol. The maximum Gasteiger partial charge on any atom is 0.243 e. The van der Waals surface area contributed by atoms with Crippen molar-refractivity contribution >= 4 is 11.8 Å². The Labute approximate surface area is 248 Å². The van der Waals surface area contributed by atoms with Crippen LogP contribution in [0, 0.1) is 5.82 Å². The van der Waals surface area contributed by atoms with Crippen molar-refractivity contribution in [2.24, 2.45) is 0 Å². The summed E-state index contributed by atoms with van der Waals surface area (Å²) < 4.78 is 13.8. The van der Waals surface area contributed by atoms with Gasteiger partial charge in [-0.2, -0.15) is 0 Å². The molecule has 0 radical (unpaired) electrons. The van der Waals surface area contributed by atoms with E-state index in [1.807, 2.05) is 91.0 Å². The van der Waals surface area contributed by atoms with Crippen molar-refractivity contribution < 1.29 is 14.0 Å². The van der Waals surface area contributed by atoms with E-state index in [-0.39, 0.29) is 42.6 Å². The summed E-state index contributed by atoms with van der Waals surface area (Å²) in [6.45, 7) is 0.213. The summed E-state index contributed by atoms with van der Waals surface area (Å²) in [4.78, 5) is 30.3. The summed E-state index contributed by atoms with van der Waals surface area (Å²) in [5.74, 6) is -0.746. The van der Waals surface area contributed by atoms with Gasteiger partial charge in [-0.1, -0.05) is 122 Å². The Bertz CT molecular complexity index is 1370. The molecule has 1 saturated carbocycles. The number of halogens is 1. The molecular formula is C37H39FN2O2.